The molecule has 11 nitrogen and oxygen atoms in total. The van der Waals surface area contributed by atoms with Crippen molar-refractivity contribution in [3.63, 3.8) is 0 Å². The fraction of sp³-hybridized carbons (Fsp3) is 0.316. The number of carbonyl (C=O) groups excluding carboxylic acids is 3. The van der Waals surface area contributed by atoms with Crippen LogP contribution >= 0.6 is 23.1 Å². The average molecular weight is 534 g/mol. The number of amides is 3. The Morgan fingerprint density at radius 1 is 1.20 bits per heavy atom. The summed E-state index contributed by atoms with van der Waals surface area (Å²) < 4.78 is 31.7. The molecular weight excluding hydrogens is 517 g/mol. The molecule has 0 radical (unpaired) electrons. The summed E-state index contributed by atoms with van der Waals surface area (Å²) in [5.74, 6) is -5.00. The number of nitrogens with two attached hydrogens (primary N) is 2. The Bertz CT molecular complexity index is 1180. The molecule has 16 heteroatoms. The van der Waals surface area contributed by atoms with Gasteiger partial charge in [-0.25, -0.2) is 9.59 Å². The van der Waals surface area contributed by atoms with Crippen molar-refractivity contribution in [1.29, 1.82) is 0 Å². The zero-order valence-corrected chi connectivity index (χ0v) is 19.1. The Hall–Kier alpha value is -3.37. The van der Waals surface area contributed by atoms with Crippen molar-refractivity contribution in [3.05, 3.63) is 39.9 Å². The van der Waals surface area contributed by atoms with Crippen LogP contribution in [-0.2, 0) is 19.2 Å². The zero-order valence-electron chi connectivity index (χ0n) is 17.4. The number of alkyl halides is 3. The van der Waals surface area contributed by atoms with Crippen molar-refractivity contribution in [1.82, 2.24) is 4.90 Å². The maximum Gasteiger partial charge on any atom is 0.490 e. The molecule has 0 saturated carbocycles. The Morgan fingerprint density at radius 3 is 2.37 bits per heavy atom. The van der Waals surface area contributed by atoms with E-state index in [2.05, 4.69) is 0 Å². The van der Waals surface area contributed by atoms with Crippen LogP contribution < -0.4 is 16.4 Å². The molecule has 4 rings (SSSR count). The molecule has 3 aliphatic heterocycles. The summed E-state index contributed by atoms with van der Waals surface area (Å²) in [6.07, 6.45) is -3.14. The van der Waals surface area contributed by atoms with E-state index in [1.807, 2.05) is 0 Å². The number of carboxylic acid groups (broad SMARTS) is 2. The van der Waals surface area contributed by atoms with E-state index in [9.17, 15) is 37.5 Å². The zero-order chi connectivity index (χ0) is 26.2. The van der Waals surface area contributed by atoms with Gasteiger partial charge in [-0.1, -0.05) is 0 Å². The lowest BCUT2D eigenvalue weighted by molar-refractivity contribution is -0.192. The normalized spacial score (nSPS) is 23.0. The average Bonchev–Trinajstić information content (AvgIpc) is 3.39. The third-order valence-corrected chi connectivity index (χ3v) is 7.37. The minimum absolute atomic E-state index is 0.122. The summed E-state index contributed by atoms with van der Waals surface area (Å²) in [5, 5.41) is 18.5. The van der Waals surface area contributed by atoms with Gasteiger partial charge in [-0.15, -0.1) is 23.1 Å². The number of primary amides is 1. The van der Waals surface area contributed by atoms with Crippen LogP contribution in [0.4, 0.5) is 18.2 Å². The molecule has 6 N–H and O–H groups in total. The molecular formula is C19H17F3N4O7S2. The van der Waals surface area contributed by atoms with Crippen molar-refractivity contribution < 1.29 is 47.4 Å². The monoisotopic (exact) mass is 534 g/mol. The Kier molecular flexibility index (Phi) is 7.28. The first-order valence-electron chi connectivity index (χ1n) is 9.62. The standard InChI is InChI=1S/C17H16N4O5S2.C2HF3O2/c18-10-14(24)21-11(17(25)26)8(6-28-16(10)21)5-7-1-3-20(13(7)23)15-9(12(19)22)2-4-27-15;3-2(4,5)1(6)7/h2,4-5,10,16H,1,3,6,18H2,(H2,19,22)(H,25,26);(H,6,7)/b7-5+;/t10-,16-;/m1./s1. The number of rotatable bonds is 4. The number of thiophene rings is 1. The highest BCUT2D eigenvalue weighted by Crippen LogP contribution is 2.41. The summed E-state index contributed by atoms with van der Waals surface area (Å²) in [6, 6.07) is 0.863. The first-order valence-corrected chi connectivity index (χ1v) is 11.5. The first kappa shape index (κ1) is 26.2. The molecule has 1 aromatic rings. The highest BCUT2D eigenvalue weighted by atomic mass is 32.2. The van der Waals surface area contributed by atoms with Crippen molar-refractivity contribution >= 4 is 57.8 Å². The van der Waals surface area contributed by atoms with Crippen molar-refractivity contribution in [2.24, 2.45) is 11.5 Å². The smallest absolute Gasteiger partial charge is 0.477 e. The van der Waals surface area contributed by atoms with Crippen molar-refractivity contribution in [3.8, 4) is 0 Å². The van der Waals surface area contributed by atoms with E-state index in [1.165, 1.54) is 32.9 Å². The number of thioether (sulfide) groups is 1. The van der Waals surface area contributed by atoms with Crippen molar-refractivity contribution in [2.75, 3.05) is 17.2 Å². The molecule has 3 aliphatic rings. The number of aliphatic carboxylic acids is 2. The minimum atomic E-state index is -5.08. The van der Waals surface area contributed by atoms with Crippen LogP contribution in [0.3, 0.4) is 0 Å². The summed E-state index contributed by atoms with van der Waals surface area (Å²) in [5.41, 5.74) is 12.1. The van der Waals surface area contributed by atoms with E-state index in [-0.39, 0.29) is 22.5 Å². The maximum atomic E-state index is 12.8. The van der Waals surface area contributed by atoms with Crippen LogP contribution in [0.25, 0.3) is 0 Å². The van der Waals surface area contributed by atoms with E-state index < -0.39 is 36.0 Å². The quantitative estimate of drug-likeness (QED) is 0.319. The Balaban J connectivity index is 0.000000429. The number of hydrogen-bond acceptors (Lipinski definition) is 8. The molecule has 0 spiro atoms. The van der Waals surface area contributed by atoms with Gasteiger partial charge in [-0.05, 0) is 29.5 Å². The highest BCUT2D eigenvalue weighted by molar-refractivity contribution is 8.00. The number of allylic oxidation sites excluding steroid dienone is 1. The van der Waals surface area contributed by atoms with E-state index >= 15 is 0 Å². The lowest BCUT2D eigenvalue weighted by Crippen LogP contribution is -2.68. The predicted octanol–water partition coefficient (Wildman–Crippen LogP) is 0.725. The molecule has 3 amide bonds. The van der Waals surface area contributed by atoms with Crippen LogP contribution in [0, 0.1) is 0 Å². The van der Waals surface area contributed by atoms with Gasteiger partial charge in [0, 0.05) is 17.9 Å². The second kappa shape index (κ2) is 9.71. The number of β-lactam (4-membered cyclic amide) rings is 1. The highest BCUT2D eigenvalue weighted by Gasteiger charge is 2.51. The van der Waals surface area contributed by atoms with Gasteiger partial charge >= 0.3 is 18.1 Å². The fourth-order valence-electron chi connectivity index (χ4n) is 3.50. The number of carboxylic acids is 2. The number of fused-ring (bicyclic) bond motifs is 1. The van der Waals surface area contributed by atoms with E-state index in [1.54, 1.807) is 17.5 Å². The minimum Gasteiger partial charge on any atom is -0.477 e. The number of hydrogen-bond donors (Lipinski definition) is 4. The summed E-state index contributed by atoms with van der Waals surface area (Å²) >= 11 is 2.62. The van der Waals surface area contributed by atoms with E-state index in [0.717, 1.165) is 0 Å². The SMILES string of the molecule is NC(=O)c1ccsc1N1CC/C(=C\C2=C(C(=O)O)N3C(=O)[C@@H](N)[C@H]3SC2)C1=O.O=C(O)C(F)(F)F. The molecule has 0 aliphatic carbocycles. The lowest BCUT2D eigenvalue weighted by Gasteiger charge is -2.47. The van der Waals surface area contributed by atoms with Crippen LogP contribution in [0.5, 0.6) is 0 Å². The molecule has 1 aromatic heterocycles. The predicted molar refractivity (Wildman–Crippen MR) is 117 cm³/mol. The molecule has 0 bridgehead atoms. The molecule has 0 unspecified atom stereocenters. The fourth-order valence-corrected chi connectivity index (χ4v) is 5.68. The molecule has 2 saturated heterocycles. The van der Waals surface area contributed by atoms with E-state index in [0.29, 0.717) is 34.9 Å². The first-order chi connectivity index (χ1) is 16.3. The molecule has 35 heavy (non-hydrogen) atoms. The van der Waals surface area contributed by atoms with Gasteiger partial charge < -0.3 is 21.7 Å². The van der Waals surface area contributed by atoms with E-state index in [4.69, 9.17) is 21.4 Å². The van der Waals surface area contributed by atoms with Gasteiger partial charge in [0.1, 0.15) is 22.1 Å². The Morgan fingerprint density at radius 2 is 1.83 bits per heavy atom. The number of nitrogens with zero attached hydrogens (tertiary/aromatic N) is 2. The van der Waals surface area contributed by atoms with Crippen LogP contribution in [-0.4, -0.2) is 74.7 Å². The summed E-state index contributed by atoms with van der Waals surface area (Å²) in [4.78, 5) is 59.7. The Labute approximate surface area is 202 Å². The van der Waals surface area contributed by atoms with Gasteiger partial charge in [0.05, 0.1) is 5.56 Å². The molecule has 2 fully saturated rings. The topological polar surface area (TPSA) is 184 Å². The molecule has 4 heterocycles. The lowest BCUT2D eigenvalue weighted by atomic mass is 10.0. The number of carbonyl (C=O) groups is 5. The molecule has 0 aromatic carbocycles. The van der Waals surface area contributed by atoms with Crippen LogP contribution in [0.1, 0.15) is 16.8 Å². The second-order valence-corrected chi connectivity index (χ2v) is 9.30. The number of halogens is 3. The third kappa shape index (κ3) is 5.03. The van der Waals surface area contributed by atoms with Gasteiger partial charge in [0.15, 0.2) is 0 Å². The second-order valence-electron chi connectivity index (χ2n) is 7.30. The summed E-state index contributed by atoms with van der Waals surface area (Å²) in [7, 11) is 0. The summed E-state index contributed by atoms with van der Waals surface area (Å²) in [6.45, 7) is 0.366. The molecule has 188 valence electrons. The van der Waals surface area contributed by atoms with Crippen LogP contribution in [0.2, 0.25) is 0 Å². The maximum absolute atomic E-state index is 12.8. The van der Waals surface area contributed by atoms with Gasteiger partial charge in [0.25, 0.3) is 11.8 Å². The van der Waals surface area contributed by atoms with Gasteiger partial charge in [-0.3, -0.25) is 24.2 Å². The van der Waals surface area contributed by atoms with Gasteiger partial charge in [-0.2, -0.15) is 13.2 Å². The largest absolute Gasteiger partial charge is 0.490 e. The van der Waals surface area contributed by atoms with Gasteiger partial charge in [0.2, 0.25) is 5.91 Å². The van der Waals surface area contributed by atoms with Crippen LogP contribution in [0.15, 0.2) is 34.4 Å². The third-order valence-electron chi connectivity index (χ3n) is 5.11. The number of anilines is 1. The molecule has 2 atom stereocenters. The van der Waals surface area contributed by atoms with Crippen molar-refractivity contribution in [2.45, 2.75) is 24.0 Å².